The highest BCUT2D eigenvalue weighted by atomic mass is 35.6. The Morgan fingerprint density at radius 1 is 1.13 bits per heavy atom. The number of pyridine rings is 1. The summed E-state index contributed by atoms with van der Waals surface area (Å²) in [5.41, 5.74) is 4.28. The van der Waals surface area contributed by atoms with Crippen LogP contribution in [0.2, 0.25) is 0 Å². The topological polar surface area (TPSA) is 150 Å². The number of amides is 3. The predicted molar refractivity (Wildman–Crippen MR) is 177 cm³/mol. The Bertz CT molecular complexity index is 1490. The molecule has 11 nitrogen and oxygen atoms in total. The summed E-state index contributed by atoms with van der Waals surface area (Å²) in [5.74, 6) is -2.12. The molecular weight excluding hydrogens is 657 g/mol. The lowest BCUT2D eigenvalue weighted by molar-refractivity contribution is -0.152. The summed E-state index contributed by atoms with van der Waals surface area (Å²) in [5, 5.41) is 17.7. The van der Waals surface area contributed by atoms with Crippen molar-refractivity contribution in [2.45, 2.75) is 81.4 Å². The molecule has 4 atom stereocenters. The molecular formula is C32H40Cl3N5O6. The van der Waals surface area contributed by atoms with Crippen molar-refractivity contribution in [2.75, 3.05) is 13.2 Å². The lowest BCUT2D eigenvalue weighted by Crippen LogP contribution is -2.61. The number of hydrazine groups is 1. The average Bonchev–Trinajstić information content (AvgIpc) is 3.81. The van der Waals surface area contributed by atoms with Gasteiger partial charge in [0.05, 0.1) is 22.7 Å². The largest absolute Gasteiger partial charge is 0.460 e. The fourth-order valence-electron chi connectivity index (χ4n) is 5.13. The van der Waals surface area contributed by atoms with Gasteiger partial charge in [0.15, 0.2) is 0 Å². The lowest BCUT2D eigenvalue weighted by Gasteiger charge is -2.34. The molecule has 4 N–H and O–H groups in total. The molecule has 2 fully saturated rings. The van der Waals surface area contributed by atoms with Gasteiger partial charge in [-0.15, -0.1) is 0 Å². The quantitative estimate of drug-likeness (QED) is 0.202. The Morgan fingerprint density at radius 3 is 2.46 bits per heavy atom. The minimum atomic E-state index is -1.75. The zero-order chi connectivity index (χ0) is 33.8. The van der Waals surface area contributed by atoms with Gasteiger partial charge in [-0.05, 0) is 63.1 Å². The van der Waals surface area contributed by atoms with Crippen LogP contribution in [0.15, 0.2) is 36.4 Å². The number of nitrogens with one attached hydrogen (secondary N) is 3. The monoisotopic (exact) mass is 695 g/mol. The van der Waals surface area contributed by atoms with E-state index in [9.17, 15) is 24.3 Å². The van der Waals surface area contributed by atoms with E-state index in [-0.39, 0.29) is 11.8 Å². The van der Waals surface area contributed by atoms with Crippen LogP contribution in [0.4, 0.5) is 0 Å². The molecule has 1 saturated heterocycles. The number of aromatic nitrogens is 1. The van der Waals surface area contributed by atoms with Crippen LogP contribution in [0.3, 0.4) is 0 Å². The van der Waals surface area contributed by atoms with Crippen molar-refractivity contribution >= 4 is 75.5 Å². The number of carbonyl (C=O) groups is 4. The van der Waals surface area contributed by atoms with Crippen molar-refractivity contribution < 1.29 is 29.0 Å². The van der Waals surface area contributed by atoms with Crippen molar-refractivity contribution in [1.82, 2.24) is 26.1 Å². The number of benzene rings is 1. The number of esters is 1. The normalized spacial score (nSPS) is 19.8. The maximum Gasteiger partial charge on any atom is 0.325 e. The maximum absolute atomic E-state index is 13.4. The number of alkyl halides is 3. The molecule has 0 spiro atoms. The highest BCUT2D eigenvalue weighted by Gasteiger charge is 2.48. The zero-order valence-corrected chi connectivity index (χ0v) is 28.5. The molecule has 1 saturated carbocycles. The van der Waals surface area contributed by atoms with E-state index in [1.165, 1.54) is 5.01 Å². The van der Waals surface area contributed by atoms with Crippen molar-refractivity contribution in [1.29, 1.82) is 0 Å². The molecule has 46 heavy (non-hydrogen) atoms. The third-order valence-electron chi connectivity index (χ3n) is 8.08. The summed E-state index contributed by atoms with van der Waals surface area (Å²) in [6.45, 7) is 6.73. The Hall–Kier alpha value is -2.96. The molecule has 0 unspecified atom stereocenters. The SMILES string of the molecule is CC(C)[C@H](NC(=O)C1(C=Cc2ccc3ccc([C@@H](C)O)nc3c2)CC1)C(=O)N[C@@H](C)C(=O)N1CCC[C@@H](C(=O)OCC(Cl)(Cl)Cl)N1. The summed E-state index contributed by atoms with van der Waals surface area (Å²) in [6, 6.07) is 6.84. The van der Waals surface area contributed by atoms with E-state index in [0.717, 1.165) is 16.5 Å². The second kappa shape index (κ2) is 14.9. The molecule has 250 valence electrons. The summed E-state index contributed by atoms with van der Waals surface area (Å²) in [6.07, 6.45) is 5.27. The number of carbonyl (C=O) groups excluding carboxylic acids is 4. The van der Waals surface area contributed by atoms with Crippen molar-refractivity contribution in [2.24, 2.45) is 11.3 Å². The Labute approximate surface area is 283 Å². The Kier molecular flexibility index (Phi) is 11.6. The summed E-state index contributed by atoms with van der Waals surface area (Å²) >= 11 is 17.0. The molecule has 2 heterocycles. The first-order valence-corrected chi connectivity index (χ1v) is 16.4. The van der Waals surface area contributed by atoms with E-state index in [2.05, 4.69) is 21.0 Å². The number of hydrogen-bond donors (Lipinski definition) is 4. The van der Waals surface area contributed by atoms with Gasteiger partial charge in [-0.3, -0.25) is 29.2 Å². The third kappa shape index (κ3) is 9.32. The van der Waals surface area contributed by atoms with Gasteiger partial charge in [0.1, 0.15) is 24.7 Å². The fourth-order valence-corrected chi connectivity index (χ4v) is 5.30. The van der Waals surface area contributed by atoms with Gasteiger partial charge in [-0.25, -0.2) is 5.43 Å². The fraction of sp³-hybridized carbons (Fsp3) is 0.531. The first-order chi connectivity index (χ1) is 21.6. The van der Waals surface area contributed by atoms with Gasteiger partial charge in [0.25, 0.3) is 5.91 Å². The summed E-state index contributed by atoms with van der Waals surface area (Å²) in [7, 11) is 0. The van der Waals surface area contributed by atoms with E-state index < -0.39 is 57.8 Å². The lowest BCUT2D eigenvalue weighted by atomic mass is 9.99. The molecule has 0 radical (unpaired) electrons. The Morgan fingerprint density at radius 2 is 1.83 bits per heavy atom. The highest BCUT2D eigenvalue weighted by molar-refractivity contribution is 6.67. The van der Waals surface area contributed by atoms with Gasteiger partial charge in [0, 0.05) is 11.9 Å². The van der Waals surface area contributed by atoms with E-state index in [4.69, 9.17) is 39.5 Å². The van der Waals surface area contributed by atoms with Crippen LogP contribution < -0.4 is 16.1 Å². The van der Waals surface area contributed by atoms with Gasteiger partial charge >= 0.3 is 5.97 Å². The smallest absolute Gasteiger partial charge is 0.325 e. The van der Waals surface area contributed by atoms with E-state index >= 15 is 0 Å². The molecule has 3 amide bonds. The second-order valence-corrected chi connectivity index (χ2v) is 14.8. The summed E-state index contributed by atoms with van der Waals surface area (Å²) in [4.78, 5) is 56.9. The number of nitrogens with zero attached hydrogens (tertiary/aromatic N) is 2. The standard InChI is InChI=1S/C32H40Cl3N5O6/c1-18(2)26(27(42)36-19(3)28(43)40-15-5-6-24(39-40)29(44)46-17-32(33,34)35)38-30(45)31(13-14-31)12-11-21-7-8-22-9-10-23(20(4)41)37-25(22)16-21/h7-12,16,18-20,24,26,39,41H,5-6,13-15,17H2,1-4H3,(H,36,42)(H,38,45)/t19-,20+,24-,26-/m0/s1. The van der Waals surface area contributed by atoms with Crippen LogP contribution in [-0.2, 0) is 23.9 Å². The number of ether oxygens (including phenoxy) is 1. The number of hydrogen-bond acceptors (Lipinski definition) is 8. The number of rotatable bonds is 11. The number of aliphatic hydroxyl groups is 1. The van der Waals surface area contributed by atoms with Gasteiger partial charge in [-0.2, -0.15) is 0 Å². The molecule has 1 aliphatic heterocycles. The minimum Gasteiger partial charge on any atom is -0.460 e. The van der Waals surface area contributed by atoms with Crippen LogP contribution in [0.5, 0.6) is 0 Å². The molecule has 1 aliphatic carbocycles. The predicted octanol–water partition coefficient (Wildman–Crippen LogP) is 4.14. The first-order valence-electron chi connectivity index (χ1n) is 15.3. The molecule has 1 aromatic heterocycles. The van der Waals surface area contributed by atoms with Crippen molar-refractivity contribution in [3.05, 3.63) is 47.7 Å². The molecule has 1 aromatic carbocycles. The number of fused-ring (bicyclic) bond motifs is 1. The van der Waals surface area contributed by atoms with Gasteiger partial charge in [-0.1, -0.05) is 79.0 Å². The van der Waals surface area contributed by atoms with Crippen molar-refractivity contribution in [3.63, 3.8) is 0 Å². The Balaban J connectivity index is 1.35. The average molecular weight is 697 g/mol. The molecule has 2 aliphatic rings. The minimum absolute atomic E-state index is 0.258. The van der Waals surface area contributed by atoms with Crippen molar-refractivity contribution in [3.8, 4) is 0 Å². The zero-order valence-electron chi connectivity index (χ0n) is 26.2. The van der Waals surface area contributed by atoms with Gasteiger partial charge < -0.3 is 20.5 Å². The second-order valence-electron chi connectivity index (χ2n) is 12.3. The molecule has 0 bridgehead atoms. The first kappa shape index (κ1) is 35.9. The van der Waals surface area contributed by atoms with E-state index in [1.54, 1.807) is 19.9 Å². The van der Waals surface area contributed by atoms with Gasteiger partial charge in [0.2, 0.25) is 15.6 Å². The highest BCUT2D eigenvalue weighted by Crippen LogP contribution is 2.48. The van der Waals surface area contributed by atoms with Crippen LogP contribution in [-0.4, -0.2) is 73.9 Å². The van der Waals surface area contributed by atoms with E-state index in [1.807, 2.05) is 50.3 Å². The van der Waals surface area contributed by atoms with Crippen LogP contribution in [0.25, 0.3) is 17.0 Å². The van der Waals surface area contributed by atoms with Crippen LogP contribution >= 0.6 is 34.8 Å². The number of aliphatic hydroxyl groups excluding tert-OH is 1. The molecule has 4 rings (SSSR count). The summed E-state index contributed by atoms with van der Waals surface area (Å²) < 4.78 is 3.28. The maximum atomic E-state index is 13.4. The van der Waals surface area contributed by atoms with Crippen LogP contribution in [0.1, 0.15) is 70.7 Å². The third-order valence-corrected chi connectivity index (χ3v) is 8.41. The van der Waals surface area contributed by atoms with Crippen LogP contribution in [0, 0.1) is 11.3 Å². The molecule has 2 aromatic rings. The molecule has 14 heteroatoms. The number of halogens is 3. The van der Waals surface area contributed by atoms with E-state index in [0.29, 0.717) is 37.9 Å².